The minimum Gasteiger partial charge on any atom is -0.493 e. The van der Waals surface area contributed by atoms with Crippen LogP contribution < -0.4 is 29.0 Å². The Morgan fingerprint density at radius 2 is 1.54 bits per heavy atom. The normalized spacial score (nSPS) is 11.8. The summed E-state index contributed by atoms with van der Waals surface area (Å²) in [6.45, 7) is 0.962. The van der Waals surface area contributed by atoms with Gasteiger partial charge in [0.25, 0.3) is 5.56 Å². The van der Waals surface area contributed by atoms with Crippen LogP contribution in [0.3, 0.4) is 0 Å². The van der Waals surface area contributed by atoms with Gasteiger partial charge in [0.1, 0.15) is 0 Å². The molecule has 35 heavy (non-hydrogen) atoms. The number of hydrogen-bond donors (Lipinski definition) is 0. The fraction of sp³-hybridized carbons (Fsp3) is 0.185. The average Bonchev–Trinajstić information content (AvgIpc) is 3.40. The molecule has 2 aromatic heterocycles. The molecule has 7 nitrogen and oxygen atoms in total. The van der Waals surface area contributed by atoms with Crippen molar-refractivity contribution in [3.8, 4) is 23.0 Å². The molecule has 0 amide bonds. The Kier molecular flexibility index (Phi) is 6.54. The van der Waals surface area contributed by atoms with Crippen LogP contribution in [0.2, 0.25) is 0 Å². The molecule has 2 heterocycles. The van der Waals surface area contributed by atoms with Gasteiger partial charge in [0.15, 0.2) is 28.0 Å². The summed E-state index contributed by atoms with van der Waals surface area (Å²) in [6.07, 6.45) is 2.54. The molecule has 178 valence electrons. The maximum absolute atomic E-state index is 13.0. The van der Waals surface area contributed by atoms with Gasteiger partial charge in [-0.15, -0.1) is 0 Å². The van der Waals surface area contributed by atoms with Crippen molar-refractivity contribution in [2.45, 2.75) is 6.42 Å². The second kappa shape index (κ2) is 10.1. The first kappa shape index (κ1) is 22.7. The lowest BCUT2D eigenvalue weighted by Crippen LogP contribution is -2.22. The second-order valence-electron chi connectivity index (χ2n) is 7.75. The van der Waals surface area contributed by atoms with Gasteiger partial charge in [-0.3, -0.25) is 4.79 Å². The third-order valence-electron chi connectivity index (χ3n) is 5.50. The SMILES string of the molecule is COc1ccccc1OCCCOc1ccc(/C=c2\sc3nc4ccccc4n3c2=O)cc1OC. The molecule has 0 N–H and O–H groups in total. The summed E-state index contributed by atoms with van der Waals surface area (Å²) in [5, 5.41) is 0. The fourth-order valence-electron chi connectivity index (χ4n) is 3.82. The van der Waals surface area contributed by atoms with E-state index >= 15 is 0 Å². The highest BCUT2D eigenvalue weighted by Crippen LogP contribution is 2.29. The van der Waals surface area contributed by atoms with E-state index in [9.17, 15) is 4.79 Å². The van der Waals surface area contributed by atoms with Crippen LogP contribution >= 0.6 is 11.3 Å². The van der Waals surface area contributed by atoms with Crippen molar-refractivity contribution < 1.29 is 18.9 Å². The van der Waals surface area contributed by atoms with Crippen LogP contribution in [0.25, 0.3) is 22.1 Å². The molecule has 8 heteroatoms. The first-order valence-corrected chi connectivity index (χ1v) is 12.0. The topological polar surface area (TPSA) is 71.3 Å². The largest absolute Gasteiger partial charge is 0.493 e. The highest BCUT2D eigenvalue weighted by molar-refractivity contribution is 7.15. The van der Waals surface area contributed by atoms with Crippen LogP contribution in [0.15, 0.2) is 71.5 Å². The minimum absolute atomic E-state index is 0.0759. The van der Waals surface area contributed by atoms with E-state index in [4.69, 9.17) is 18.9 Å². The Morgan fingerprint density at radius 3 is 2.31 bits per heavy atom. The molecular weight excluding hydrogens is 464 g/mol. The van der Waals surface area contributed by atoms with Crippen LogP contribution in [0.5, 0.6) is 23.0 Å². The summed E-state index contributed by atoms with van der Waals surface area (Å²) in [5.41, 5.74) is 2.41. The number of benzene rings is 3. The number of ether oxygens (including phenoxy) is 4. The molecule has 0 fully saturated rings. The Labute approximate surface area is 205 Å². The van der Waals surface area contributed by atoms with E-state index in [1.807, 2.05) is 72.8 Å². The van der Waals surface area contributed by atoms with E-state index in [1.165, 1.54) is 11.3 Å². The van der Waals surface area contributed by atoms with Crippen LogP contribution in [-0.2, 0) is 0 Å². The zero-order chi connectivity index (χ0) is 24.2. The Hall–Kier alpha value is -4.04. The van der Waals surface area contributed by atoms with Crippen molar-refractivity contribution >= 4 is 33.4 Å². The second-order valence-corrected chi connectivity index (χ2v) is 8.76. The molecule has 0 radical (unpaired) electrons. The number of imidazole rings is 1. The summed E-state index contributed by atoms with van der Waals surface area (Å²) >= 11 is 1.37. The third kappa shape index (κ3) is 4.65. The molecule has 0 spiro atoms. The first-order chi connectivity index (χ1) is 17.2. The third-order valence-corrected chi connectivity index (χ3v) is 6.47. The van der Waals surface area contributed by atoms with E-state index in [2.05, 4.69) is 4.98 Å². The number of fused-ring (bicyclic) bond motifs is 3. The fourth-order valence-corrected chi connectivity index (χ4v) is 4.80. The average molecular weight is 489 g/mol. The number of rotatable bonds is 9. The van der Waals surface area contributed by atoms with Crippen molar-refractivity contribution in [3.63, 3.8) is 0 Å². The Bertz CT molecular complexity index is 1590. The smallest absolute Gasteiger partial charge is 0.274 e. The molecule has 0 saturated heterocycles. The number of hydrogen-bond acceptors (Lipinski definition) is 7. The molecule has 0 atom stereocenters. The van der Waals surface area contributed by atoms with E-state index in [0.717, 1.165) is 16.6 Å². The monoisotopic (exact) mass is 488 g/mol. The van der Waals surface area contributed by atoms with Gasteiger partial charge in [0.05, 0.1) is 43.0 Å². The molecule has 0 saturated carbocycles. The van der Waals surface area contributed by atoms with Crippen molar-refractivity contribution in [3.05, 3.63) is 87.2 Å². The van der Waals surface area contributed by atoms with Crippen molar-refractivity contribution in [1.29, 1.82) is 0 Å². The Balaban J connectivity index is 1.27. The van der Waals surface area contributed by atoms with E-state index in [1.54, 1.807) is 18.6 Å². The van der Waals surface area contributed by atoms with E-state index < -0.39 is 0 Å². The van der Waals surface area contributed by atoms with Gasteiger partial charge in [0.2, 0.25) is 0 Å². The quantitative estimate of drug-likeness (QED) is 0.288. The van der Waals surface area contributed by atoms with E-state index in [-0.39, 0.29) is 5.56 Å². The Morgan fingerprint density at radius 1 is 0.857 bits per heavy atom. The summed E-state index contributed by atoms with van der Waals surface area (Å²) in [5.74, 6) is 2.65. The van der Waals surface area contributed by atoms with Crippen LogP contribution in [0.1, 0.15) is 12.0 Å². The molecule has 0 unspecified atom stereocenters. The molecule has 3 aromatic carbocycles. The highest BCUT2D eigenvalue weighted by Gasteiger charge is 2.11. The van der Waals surface area contributed by atoms with Gasteiger partial charge < -0.3 is 18.9 Å². The van der Waals surface area contributed by atoms with Crippen LogP contribution in [0, 0.1) is 0 Å². The van der Waals surface area contributed by atoms with Gasteiger partial charge in [-0.1, -0.05) is 41.7 Å². The van der Waals surface area contributed by atoms with Crippen molar-refractivity contribution in [2.75, 3.05) is 27.4 Å². The van der Waals surface area contributed by atoms with Crippen LogP contribution in [0.4, 0.5) is 0 Å². The number of nitrogens with zero attached hydrogens (tertiary/aromatic N) is 2. The minimum atomic E-state index is -0.0759. The number of para-hydroxylation sites is 4. The summed E-state index contributed by atoms with van der Waals surface area (Å²) in [6, 6.07) is 20.8. The van der Waals surface area contributed by atoms with Gasteiger partial charge >= 0.3 is 0 Å². The van der Waals surface area contributed by atoms with Crippen molar-refractivity contribution in [2.24, 2.45) is 0 Å². The number of methoxy groups -OCH3 is 2. The number of thiazole rings is 1. The molecule has 0 aliphatic rings. The lowest BCUT2D eigenvalue weighted by molar-refractivity contribution is 0.234. The van der Waals surface area contributed by atoms with E-state index in [0.29, 0.717) is 52.1 Å². The molecule has 5 aromatic rings. The predicted octanol–water partition coefficient (Wildman–Crippen LogP) is 4.32. The predicted molar refractivity (Wildman–Crippen MR) is 137 cm³/mol. The zero-order valence-corrected chi connectivity index (χ0v) is 20.2. The lowest BCUT2D eigenvalue weighted by atomic mass is 10.2. The van der Waals surface area contributed by atoms with Crippen LogP contribution in [-0.4, -0.2) is 36.8 Å². The maximum Gasteiger partial charge on any atom is 0.274 e. The van der Waals surface area contributed by atoms with Gasteiger partial charge in [-0.2, -0.15) is 0 Å². The molecule has 0 bridgehead atoms. The molecule has 0 aliphatic heterocycles. The van der Waals surface area contributed by atoms with Crippen molar-refractivity contribution in [1.82, 2.24) is 9.38 Å². The van der Waals surface area contributed by atoms with Gasteiger partial charge in [0, 0.05) is 6.42 Å². The summed E-state index contributed by atoms with van der Waals surface area (Å²) in [7, 11) is 3.22. The first-order valence-electron chi connectivity index (χ1n) is 11.2. The summed E-state index contributed by atoms with van der Waals surface area (Å²) in [4.78, 5) is 18.2. The molecular formula is C27H24N2O5S. The lowest BCUT2D eigenvalue weighted by Gasteiger charge is -2.12. The summed E-state index contributed by atoms with van der Waals surface area (Å²) < 4.78 is 24.8. The highest BCUT2D eigenvalue weighted by atomic mass is 32.1. The zero-order valence-electron chi connectivity index (χ0n) is 19.4. The maximum atomic E-state index is 13.0. The molecule has 0 aliphatic carbocycles. The number of aromatic nitrogens is 2. The van der Waals surface area contributed by atoms with Gasteiger partial charge in [-0.25, -0.2) is 9.38 Å². The molecule has 5 rings (SSSR count). The standard InChI is InChI=1S/C27H24N2O5S/c1-31-21-10-5-6-11-22(21)33-14-7-15-34-23-13-12-18(16-24(23)32-2)17-25-26(30)29-20-9-4-3-8-19(20)28-27(29)35-25/h3-6,8-13,16-17H,7,14-15H2,1-2H3/b25-17-. The van der Waals surface area contributed by atoms with Gasteiger partial charge in [-0.05, 0) is 48.0 Å².